The number of nitrogens with one attached hydrogen (secondary N) is 1. The molecular weight excluding hydrogens is 242 g/mol. The molecule has 19 heavy (non-hydrogen) atoms. The molecule has 0 radical (unpaired) electrons. The van der Waals surface area contributed by atoms with E-state index < -0.39 is 5.54 Å². The summed E-state index contributed by atoms with van der Waals surface area (Å²) in [7, 11) is 1.46. The summed E-state index contributed by atoms with van der Waals surface area (Å²) in [5.41, 5.74) is -0.547. The highest BCUT2D eigenvalue weighted by Crippen LogP contribution is 2.26. The first-order valence-corrected chi connectivity index (χ1v) is 7.62. The number of hydrogen-bond acceptors (Lipinski definition) is 4. The van der Waals surface area contributed by atoms with Crippen molar-refractivity contribution in [1.29, 1.82) is 0 Å². The molecule has 0 heterocycles. The van der Waals surface area contributed by atoms with Crippen molar-refractivity contribution < 1.29 is 14.3 Å². The Balaban J connectivity index is 1.70. The van der Waals surface area contributed by atoms with E-state index >= 15 is 0 Å². The van der Waals surface area contributed by atoms with E-state index in [1.54, 1.807) is 0 Å². The normalized spacial score (nSPS) is 23.3. The molecule has 1 unspecified atom stereocenters. The van der Waals surface area contributed by atoms with Gasteiger partial charge in [-0.3, -0.25) is 10.1 Å². The lowest BCUT2D eigenvalue weighted by atomic mass is 9.95. The summed E-state index contributed by atoms with van der Waals surface area (Å²) in [6.07, 6.45) is 9.49. The maximum atomic E-state index is 11.9. The average Bonchev–Trinajstić information content (AvgIpc) is 3.06. The molecule has 0 aromatic carbocycles. The molecule has 2 rings (SSSR count). The maximum absolute atomic E-state index is 11.9. The molecule has 4 heteroatoms. The Morgan fingerprint density at radius 2 is 1.95 bits per heavy atom. The summed E-state index contributed by atoms with van der Waals surface area (Å²) >= 11 is 0. The van der Waals surface area contributed by atoms with E-state index in [0.29, 0.717) is 12.1 Å². The summed E-state index contributed by atoms with van der Waals surface area (Å²) in [5.74, 6) is -0.153. The van der Waals surface area contributed by atoms with Gasteiger partial charge in [-0.1, -0.05) is 12.8 Å². The highest BCUT2D eigenvalue weighted by atomic mass is 16.5. The van der Waals surface area contributed by atoms with Crippen LogP contribution in [0.4, 0.5) is 0 Å². The van der Waals surface area contributed by atoms with E-state index in [1.807, 2.05) is 6.92 Å². The Bertz CT molecular complexity index is 298. The smallest absolute Gasteiger partial charge is 0.325 e. The summed E-state index contributed by atoms with van der Waals surface area (Å²) in [5, 5.41) is 3.42. The molecule has 0 aromatic heterocycles. The zero-order chi connectivity index (χ0) is 13.7. The molecule has 2 fully saturated rings. The van der Waals surface area contributed by atoms with Crippen LogP contribution < -0.4 is 5.32 Å². The van der Waals surface area contributed by atoms with Crippen molar-refractivity contribution in [3.8, 4) is 0 Å². The summed E-state index contributed by atoms with van der Waals surface area (Å²) < 4.78 is 10.8. The van der Waals surface area contributed by atoms with E-state index in [-0.39, 0.29) is 5.97 Å². The van der Waals surface area contributed by atoms with Crippen LogP contribution in [0.2, 0.25) is 0 Å². The molecule has 0 spiro atoms. The topological polar surface area (TPSA) is 47.6 Å². The highest BCUT2D eigenvalue weighted by Gasteiger charge is 2.38. The molecule has 2 saturated carbocycles. The average molecular weight is 269 g/mol. The van der Waals surface area contributed by atoms with Crippen molar-refractivity contribution >= 4 is 5.97 Å². The SMILES string of the molecule is COC(=O)C(C)(CCCOC1CCCC1)NC1CC1. The minimum Gasteiger partial charge on any atom is -0.468 e. The Morgan fingerprint density at radius 1 is 1.26 bits per heavy atom. The first-order valence-electron chi connectivity index (χ1n) is 7.62. The van der Waals surface area contributed by atoms with Gasteiger partial charge in [0.15, 0.2) is 0 Å². The minimum atomic E-state index is -0.547. The number of rotatable bonds is 8. The standard InChI is InChI=1S/C15H27NO3/c1-15(14(17)18-2,16-12-8-9-12)10-5-11-19-13-6-3-4-7-13/h12-13,16H,3-11H2,1-2H3. The lowest BCUT2D eigenvalue weighted by molar-refractivity contribution is -0.148. The van der Waals surface area contributed by atoms with Crippen LogP contribution in [0.3, 0.4) is 0 Å². The zero-order valence-corrected chi connectivity index (χ0v) is 12.2. The van der Waals surface area contributed by atoms with Crippen molar-refractivity contribution in [2.24, 2.45) is 0 Å². The number of carbonyl (C=O) groups is 1. The van der Waals surface area contributed by atoms with Gasteiger partial charge in [-0.15, -0.1) is 0 Å². The van der Waals surface area contributed by atoms with Crippen LogP contribution in [-0.2, 0) is 14.3 Å². The Labute approximate surface area is 116 Å². The van der Waals surface area contributed by atoms with Crippen molar-refractivity contribution in [3.05, 3.63) is 0 Å². The highest BCUT2D eigenvalue weighted by molar-refractivity contribution is 5.80. The summed E-state index contributed by atoms with van der Waals surface area (Å²) in [6.45, 7) is 2.70. The Hall–Kier alpha value is -0.610. The third-order valence-corrected chi connectivity index (χ3v) is 4.21. The molecular formula is C15H27NO3. The molecule has 0 aromatic rings. The van der Waals surface area contributed by atoms with Crippen molar-refractivity contribution in [1.82, 2.24) is 5.32 Å². The van der Waals surface area contributed by atoms with Gasteiger partial charge in [-0.05, 0) is 45.4 Å². The van der Waals surface area contributed by atoms with Gasteiger partial charge < -0.3 is 9.47 Å². The molecule has 0 aliphatic heterocycles. The molecule has 4 nitrogen and oxygen atoms in total. The van der Waals surface area contributed by atoms with Crippen molar-refractivity contribution in [2.45, 2.75) is 76.0 Å². The van der Waals surface area contributed by atoms with Gasteiger partial charge in [-0.2, -0.15) is 0 Å². The van der Waals surface area contributed by atoms with Gasteiger partial charge in [0.1, 0.15) is 5.54 Å². The Kier molecular flexibility index (Phi) is 5.22. The second kappa shape index (κ2) is 6.71. The van der Waals surface area contributed by atoms with Crippen molar-refractivity contribution in [3.63, 3.8) is 0 Å². The van der Waals surface area contributed by atoms with Crippen LogP contribution in [0.15, 0.2) is 0 Å². The fraction of sp³-hybridized carbons (Fsp3) is 0.933. The van der Waals surface area contributed by atoms with Gasteiger partial charge in [-0.25, -0.2) is 0 Å². The first kappa shape index (κ1) is 14.8. The van der Waals surface area contributed by atoms with E-state index in [2.05, 4.69) is 5.32 Å². The molecule has 0 amide bonds. The molecule has 0 saturated heterocycles. The quantitative estimate of drug-likeness (QED) is 0.543. The number of hydrogen-bond donors (Lipinski definition) is 1. The number of esters is 1. The van der Waals surface area contributed by atoms with Gasteiger partial charge in [0.2, 0.25) is 0 Å². The fourth-order valence-electron chi connectivity index (χ4n) is 2.87. The monoisotopic (exact) mass is 269 g/mol. The van der Waals surface area contributed by atoms with E-state index in [4.69, 9.17) is 9.47 Å². The third kappa shape index (κ3) is 4.46. The molecule has 2 aliphatic carbocycles. The van der Waals surface area contributed by atoms with E-state index in [9.17, 15) is 4.79 Å². The predicted octanol–water partition coefficient (Wildman–Crippen LogP) is 2.41. The van der Waals surface area contributed by atoms with E-state index in [0.717, 1.165) is 19.4 Å². The molecule has 2 aliphatic rings. The number of carbonyl (C=O) groups excluding carboxylic acids is 1. The molecule has 110 valence electrons. The van der Waals surface area contributed by atoms with Crippen LogP contribution in [0.25, 0.3) is 0 Å². The zero-order valence-electron chi connectivity index (χ0n) is 12.2. The van der Waals surface area contributed by atoms with Crippen LogP contribution >= 0.6 is 0 Å². The molecule has 1 atom stereocenters. The molecule has 1 N–H and O–H groups in total. The molecule has 0 bridgehead atoms. The van der Waals surface area contributed by atoms with Gasteiger partial charge in [0, 0.05) is 12.6 Å². The van der Waals surface area contributed by atoms with Crippen LogP contribution in [-0.4, -0.2) is 37.4 Å². The second-order valence-electron chi connectivity index (χ2n) is 6.12. The fourth-order valence-corrected chi connectivity index (χ4v) is 2.87. The van der Waals surface area contributed by atoms with Crippen LogP contribution in [0.5, 0.6) is 0 Å². The van der Waals surface area contributed by atoms with Gasteiger partial charge >= 0.3 is 5.97 Å². The Morgan fingerprint density at radius 3 is 2.53 bits per heavy atom. The van der Waals surface area contributed by atoms with Crippen LogP contribution in [0.1, 0.15) is 58.3 Å². The number of methoxy groups -OCH3 is 1. The van der Waals surface area contributed by atoms with Crippen molar-refractivity contribution in [2.75, 3.05) is 13.7 Å². The second-order valence-corrected chi connectivity index (χ2v) is 6.12. The van der Waals surface area contributed by atoms with Crippen LogP contribution in [0, 0.1) is 0 Å². The van der Waals surface area contributed by atoms with Gasteiger partial charge in [0.05, 0.1) is 13.2 Å². The summed E-state index contributed by atoms with van der Waals surface area (Å²) in [4.78, 5) is 11.9. The predicted molar refractivity (Wildman–Crippen MR) is 74.0 cm³/mol. The minimum absolute atomic E-state index is 0.153. The first-order chi connectivity index (χ1) is 9.14. The number of ether oxygens (including phenoxy) is 2. The van der Waals surface area contributed by atoms with Gasteiger partial charge in [0.25, 0.3) is 0 Å². The van der Waals surface area contributed by atoms with E-state index in [1.165, 1.54) is 45.6 Å². The maximum Gasteiger partial charge on any atom is 0.325 e. The summed E-state index contributed by atoms with van der Waals surface area (Å²) in [6, 6.07) is 0.500. The lowest BCUT2D eigenvalue weighted by Gasteiger charge is -2.28. The third-order valence-electron chi connectivity index (χ3n) is 4.21. The largest absolute Gasteiger partial charge is 0.468 e. The lowest BCUT2D eigenvalue weighted by Crippen LogP contribution is -2.51.